The number of nitriles is 1. The quantitative estimate of drug-likeness (QED) is 0.669. The Morgan fingerprint density at radius 3 is 2.73 bits per heavy atom. The predicted octanol–water partition coefficient (Wildman–Crippen LogP) is 1.53. The maximum Gasteiger partial charge on any atom is 0.230 e. The zero-order valence-electron chi connectivity index (χ0n) is 14.7. The lowest BCUT2D eigenvalue weighted by Crippen LogP contribution is -2.33. The van der Waals surface area contributed by atoms with Crippen molar-refractivity contribution in [2.24, 2.45) is 0 Å². The third-order valence-electron chi connectivity index (χ3n) is 3.85. The molecule has 1 aliphatic rings. The molecule has 0 aromatic heterocycles. The maximum atomic E-state index is 12.1. The van der Waals surface area contributed by atoms with E-state index < -0.39 is 0 Å². The third kappa shape index (κ3) is 5.25. The number of nitrogens with zero attached hydrogens (tertiary/aromatic N) is 1. The molecule has 1 heterocycles. The number of rotatable bonds is 8. The van der Waals surface area contributed by atoms with Crippen LogP contribution in [0.2, 0.25) is 0 Å². The molecule has 26 heavy (non-hydrogen) atoms. The highest BCUT2D eigenvalue weighted by molar-refractivity contribution is 8.03. The van der Waals surface area contributed by atoms with E-state index in [2.05, 4.69) is 16.7 Å². The van der Waals surface area contributed by atoms with Crippen LogP contribution in [0.15, 0.2) is 34.9 Å². The SMILES string of the molecule is COCCNC(=O)CSC1=C(C#N)[C@H](c2ccc(OC)cc2)CC(=O)N1. The fourth-order valence-electron chi connectivity index (χ4n) is 2.54. The van der Waals surface area contributed by atoms with Crippen molar-refractivity contribution in [3.63, 3.8) is 0 Å². The van der Waals surface area contributed by atoms with Crippen LogP contribution in [0.3, 0.4) is 0 Å². The number of nitrogens with one attached hydrogen (secondary N) is 2. The van der Waals surface area contributed by atoms with Gasteiger partial charge in [0.15, 0.2) is 0 Å². The van der Waals surface area contributed by atoms with Gasteiger partial charge in [-0.3, -0.25) is 9.59 Å². The minimum atomic E-state index is -0.335. The molecule has 0 aliphatic carbocycles. The van der Waals surface area contributed by atoms with E-state index >= 15 is 0 Å². The summed E-state index contributed by atoms with van der Waals surface area (Å²) in [5.74, 6) is 0.127. The Labute approximate surface area is 156 Å². The third-order valence-corrected chi connectivity index (χ3v) is 4.87. The molecule has 0 saturated carbocycles. The summed E-state index contributed by atoms with van der Waals surface area (Å²) in [4.78, 5) is 23.9. The Morgan fingerprint density at radius 1 is 1.38 bits per heavy atom. The second-order valence-corrected chi connectivity index (χ2v) is 6.55. The minimum Gasteiger partial charge on any atom is -0.497 e. The Balaban J connectivity index is 2.14. The topological polar surface area (TPSA) is 100 Å². The maximum absolute atomic E-state index is 12.1. The van der Waals surface area contributed by atoms with Crippen molar-refractivity contribution in [3.05, 3.63) is 40.4 Å². The minimum absolute atomic E-state index is 0.111. The van der Waals surface area contributed by atoms with E-state index in [9.17, 15) is 14.9 Å². The number of benzene rings is 1. The Morgan fingerprint density at radius 2 is 2.12 bits per heavy atom. The van der Waals surface area contributed by atoms with Crippen LogP contribution in [0, 0.1) is 11.3 Å². The first-order valence-corrected chi connectivity index (χ1v) is 9.04. The normalized spacial score (nSPS) is 16.7. The molecule has 2 rings (SSSR count). The summed E-state index contributed by atoms with van der Waals surface area (Å²) >= 11 is 1.15. The Bertz CT molecular complexity index is 725. The summed E-state index contributed by atoms with van der Waals surface area (Å²) in [6.45, 7) is 0.847. The van der Waals surface area contributed by atoms with E-state index in [0.29, 0.717) is 29.5 Å². The molecule has 1 aromatic carbocycles. The molecule has 0 radical (unpaired) electrons. The van der Waals surface area contributed by atoms with Crippen LogP contribution in [0.25, 0.3) is 0 Å². The summed E-state index contributed by atoms with van der Waals surface area (Å²) in [7, 11) is 3.14. The van der Waals surface area contributed by atoms with E-state index in [4.69, 9.17) is 9.47 Å². The van der Waals surface area contributed by atoms with Gasteiger partial charge in [-0.15, -0.1) is 0 Å². The molecule has 2 N–H and O–H groups in total. The molecule has 0 saturated heterocycles. The van der Waals surface area contributed by atoms with Crippen LogP contribution in [0.4, 0.5) is 0 Å². The summed E-state index contributed by atoms with van der Waals surface area (Å²) < 4.78 is 10.0. The van der Waals surface area contributed by atoms with Gasteiger partial charge in [0.05, 0.1) is 36.1 Å². The molecule has 0 unspecified atom stereocenters. The average molecular weight is 375 g/mol. The zero-order valence-corrected chi connectivity index (χ0v) is 15.5. The zero-order chi connectivity index (χ0) is 18.9. The Kier molecular flexibility index (Phi) is 7.51. The van der Waals surface area contributed by atoms with Crippen molar-refractivity contribution in [1.82, 2.24) is 10.6 Å². The van der Waals surface area contributed by atoms with Gasteiger partial charge < -0.3 is 20.1 Å². The number of hydrogen-bond acceptors (Lipinski definition) is 6. The van der Waals surface area contributed by atoms with Crippen molar-refractivity contribution in [2.45, 2.75) is 12.3 Å². The molecule has 1 atom stereocenters. The van der Waals surface area contributed by atoms with Gasteiger partial charge in [-0.2, -0.15) is 5.26 Å². The number of allylic oxidation sites excluding steroid dienone is 1. The second kappa shape index (κ2) is 9.85. The summed E-state index contributed by atoms with van der Waals surface area (Å²) in [5, 5.41) is 15.5. The molecule has 138 valence electrons. The van der Waals surface area contributed by atoms with Crippen molar-refractivity contribution in [3.8, 4) is 11.8 Å². The molecule has 1 aliphatic heterocycles. The molecule has 0 fully saturated rings. The Hall–Kier alpha value is -2.50. The molecule has 8 heteroatoms. The molecule has 0 bridgehead atoms. The standard InChI is InChI=1S/C18H21N3O4S/c1-24-8-7-20-17(23)11-26-18-15(10-19)14(9-16(22)21-18)12-3-5-13(25-2)6-4-12/h3-6,14H,7-9,11H2,1-2H3,(H,20,23)(H,21,22)/t14-/m0/s1. The van der Waals surface area contributed by atoms with E-state index in [0.717, 1.165) is 17.3 Å². The number of thioether (sulfide) groups is 1. The number of amides is 2. The molecular formula is C18H21N3O4S. The lowest BCUT2D eigenvalue weighted by atomic mass is 9.87. The first kappa shape index (κ1) is 19.8. The van der Waals surface area contributed by atoms with Gasteiger partial charge in [0.2, 0.25) is 11.8 Å². The highest BCUT2D eigenvalue weighted by Gasteiger charge is 2.29. The molecule has 2 amide bonds. The summed E-state index contributed by atoms with van der Waals surface area (Å²) in [6.07, 6.45) is 0.194. The van der Waals surface area contributed by atoms with Gasteiger partial charge in [0.25, 0.3) is 0 Å². The highest BCUT2D eigenvalue weighted by Crippen LogP contribution is 2.36. The van der Waals surface area contributed by atoms with E-state index in [1.807, 2.05) is 12.1 Å². The molecular weight excluding hydrogens is 354 g/mol. The second-order valence-electron chi connectivity index (χ2n) is 5.56. The van der Waals surface area contributed by atoms with Gasteiger partial charge in [-0.25, -0.2) is 0 Å². The fraction of sp³-hybridized carbons (Fsp3) is 0.389. The highest BCUT2D eigenvalue weighted by atomic mass is 32.2. The number of carbonyl (C=O) groups is 2. The molecule has 1 aromatic rings. The van der Waals surface area contributed by atoms with Crippen LogP contribution >= 0.6 is 11.8 Å². The van der Waals surface area contributed by atoms with Crippen LogP contribution in [-0.4, -0.2) is 44.9 Å². The average Bonchev–Trinajstić information content (AvgIpc) is 2.66. The fourth-order valence-corrected chi connectivity index (χ4v) is 3.44. The lowest BCUT2D eigenvalue weighted by Gasteiger charge is -2.25. The largest absolute Gasteiger partial charge is 0.497 e. The van der Waals surface area contributed by atoms with Crippen LogP contribution < -0.4 is 15.4 Å². The number of methoxy groups -OCH3 is 2. The van der Waals surface area contributed by atoms with E-state index in [-0.39, 0.29) is 29.9 Å². The first-order chi connectivity index (χ1) is 12.6. The number of carbonyl (C=O) groups excluding carboxylic acids is 2. The van der Waals surface area contributed by atoms with Gasteiger partial charge >= 0.3 is 0 Å². The lowest BCUT2D eigenvalue weighted by molar-refractivity contribution is -0.121. The molecule has 0 spiro atoms. The predicted molar refractivity (Wildman–Crippen MR) is 98.5 cm³/mol. The van der Waals surface area contributed by atoms with E-state index in [1.165, 1.54) is 0 Å². The monoisotopic (exact) mass is 375 g/mol. The molecule has 7 nitrogen and oxygen atoms in total. The van der Waals surface area contributed by atoms with Crippen LogP contribution in [0.1, 0.15) is 17.9 Å². The van der Waals surface area contributed by atoms with Crippen molar-refractivity contribution in [1.29, 1.82) is 5.26 Å². The van der Waals surface area contributed by atoms with Crippen molar-refractivity contribution >= 4 is 23.6 Å². The van der Waals surface area contributed by atoms with Crippen LogP contribution in [-0.2, 0) is 14.3 Å². The smallest absolute Gasteiger partial charge is 0.230 e. The number of ether oxygens (including phenoxy) is 2. The summed E-state index contributed by atoms with van der Waals surface area (Å²) in [6, 6.07) is 9.48. The van der Waals surface area contributed by atoms with Gasteiger partial charge in [0, 0.05) is 26.0 Å². The van der Waals surface area contributed by atoms with Crippen molar-refractivity contribution in [2.75, 3.05) is 33.1 Å². The van der Waals surface area contributed by atoms with Gasteiger partial charge in [0.1, 0.15) is 5.75 Å². The summed E-state index contributed by atoms with van der Waals surface area (Å²) in [5.41, 5.74) is 1.32. The van der Waals surface area contributed by atoms with Gasteiger partial charge in [-0.1, -0.05) is 23.9 Å². The van der Waals surface area contributed by atoms with Crippen molar-refractivity contribution < 1.29 is 19.1 Å². The first-order valence-electron chi connectivity index (χ1n) is 8.05. The van der Waals surface area contributed by atoms with E-state index in [1.54, 1.807) is 26.4 Å². The van der Waals surface area contributed by atoms with Crippen LogP contribution in [0.5, 0.6) is 5.75 Å². The van der Waals surface area contributed by atoms with Gasteiger partial charge in [-0.05, 0) is 17.7 Å². The number of hydrogen-bond donors (Lipinski definition) is 2.